The Morgan fingerprint density at radius 3 is 2.58 bits per heavy atom. The number of rotatable bonds is 10. The van der Waals surface area contributed by atoms with Gasteiger partial charge in [0.05, 0.1) is 16.7 Å². The molecule has 2 aromatic carbocycles. The number of carbonyl (C=O) groups is 1. The minimum atomic E-state index is -4.79. The third kappa shape index (κ3) is 7.22. The summed E-state index contributed by atoms with van der Waals surface area (Å²) < 4.78 is 47.5. The normalized spacial score (nSPS) is 11.5. The second-order valence-electron chi connectivity index (χ2n) is 6.83. The van der Waals surface area contributed by atoms with E-state index in [1.165, 1.54) is 16.7 Å². The standard InChI is InChI=1S/C22H22F3N3O4S/c1-2-31-13-5-12-28-20(30)17-6-3-4-7-18(17)27-21(28)33-14-19(29)26-15-8-10-16(11-9-15)32-22(23,24)25/h3-4,6-11H,2,5,12-14H2,1H3,(H,26,29). The number of thioether (sulfide) groups is 1. The third-order valence-electron chi connectivity index (χ3n) is 4.41. The van der Waals surface area contributed by atoms with Gasteiger partial charge in [-0.15, -0.1) is 13.2 Å². The van der Waals surface area contributed by atoms with Crippen LogP contribution < -0.4 is 15.6 Å². The van der Waals surface area contributed by atoms with Gasteiger partial charge in [0.2, 0.25) is 5.91 Å². The number of anilines is 1. The maximum absolute atomic E-state index is 13.0. The first-order valence-electron chi connectivity index (χ1n) is 10.1. The van der Waals surface area contributed by atoms with Crippen molar-refractivity contribution in [2.24, 2.45) is 0 Å². The number of halogens is 3. The van der Waals surface area contributed by atoms with Crippen LogP contribution in [0.4, 0.5) is 18.9 Å². The lowest BCUT2D eigenvalue weighted by molar-refractivity contribution is -0.274. The van der Waals surface area contributed by atoms with E-state index in [2.05, 4.69) is 15.0 Å². The predicted molar refractivity (Wildman–Crippen MR) is 120 cm³/mol. The van der Waals surface area contributed by atoms with Crippen molar-refractivity contribution in [3.05, 3.63) is 58.9 Å². The van der Waals surface area contributed by atoms with Gasteiger partial charge in [0, 0.05) is 25.4 Å². The number of para-hydroxylation sites is 1. The number of nitrogens with one attached hydrogen (secondary N) is 1. The fourth-order valence-electron chi connectivity index (χ4n) is 2.99. The van der Waals surface area contributed by atoms with Crippen LogP contribution in [0.1, 0.15) is 13.3 Å². The molecule has 1 heterocycles. The van der Waals surface area contributed by atoms with Crippen LogP contribution in [-0.4, -0.2) is 40.8 Å². The zero-order chi connectivity index (χ0) is 23.8. The third-order valence-corrected chi connectivity index (χ3v) is 5.38. The van der Waals surface area contributed by atoms with Gasteiger partial charge in [-0.3, -0.25) is 14.2 Å². The first kappa shape index (κ1) is 24.6. The second kappa shape index (κ2) is 11.2. The molecule has 0 saturated carbocycles. The summed E-state index contributed by atoms with van der Waals surface area (Å²) in [6, 6.07) is 11.8. The molecule has 33 heavy (non-hydrogen) atoms. The van der Waals surface area contributed by atoms with Crippen LogP contribution in [0, 0.1) is 0 Å². The van der Waals surface area contributed by atoms with E-state index < -0.39 is 12.3 Å². The SMILES string of the molecule is CCOCCCn1c(SCC(=O)Nc2ccc(OC(F)(F)F)cc2)nc2ccccc2c1=O. The van der Waals surface area contributed by atoms with E-state index in [0.29, 0.717) is 47.9 Å². The van der Waals surface area contributed by atoms with Gasteiger partial charge in [-0.05, 0) is 49.7 Å². The molecule has 0 radical (unpaired) electrons. The van der Waals surface area contributed by atoms with Gasteiger partial charge in [0.25, 0.3) is 5.56 Å². The number of hydrogen-bond donors (Lipinski definition) is 1. The van der Waals surface area contributed by atoms with E-state index in [9.17, 15) is 22.8 Å². The molecule has 7 nitrogen and oxygen atoms in total. The molecule has 3 rings (SSSR count). The van der Waals surface area contributed by atoms with Gasteiger partial charge in [-0.2, -0.15) is 0 Å². The molecule has 11 heteroatoms. The molecule has 0 saturated heterocycles. The highest BCUT2D eigenvalue weighted by atomic mass is 32.2. The van der Waals surface area contributed by atoms with Crippen LogP contribution in [-0.2, 0) is 16.1 Å². The summed E-state index contributed by atoms with van der Waals surface area (Å²) in [4.78, 5) is 29.9. The lowest BCUT2D eigenvalue weighted by atomic mass is 10.2. The average molecular weight is 481 g/mol. The number of alkyl halides is 3. The minimum Gasteiger partial charge on any atom is -0.406 e. The van der Waals surface area contributed by atoms with Crippen molar-refractivity contribution in [2.45, 2.75) is 31.4 Å². The Morgan fingerprint density at radius 1 is 1.15 bits per heavy atom. The van der Waals surface area contributed by atoms with Gasteiger partial charge >= 0.3 is 6.36 Å². The van der Waals surface area contributed by atoms with Crippen LogP contribution in [0.15, 0.2) is 58.5 Å². The second-order valence-corrected chi connectivity index (χ2v) is 7.77. The molecule has 0 aliphatic rings. The molecule has 0 aliphatic heterocycles. The highest BCUT2D eigenvalue weighted by Gasteiger charge is 2.31. The van der Waals surface area contributed by atoms with Gasteiger partial charge in [0.1, 0.15) is 5.75 Å². The van der Waals surface area contributed by atoms with Crippen molar-refractivity contribution in [1.82, 2.24) is 9.55 Å². The maximum atomic E-state index is 13.0. The lowest BCUT2D eigenvalue weighted by Crippen LogP contribution is -2.25. The number of hydrogen-bond acceptors (Lipinski definition) is 6. The van der Waals surface area contributed by atoms with Crippen LogP contribution in [0.3, 0.4) is 0 Å². The van der Waals surface area contributed by atoms with Gasteiger partial charge in [0.15, 0.2) is 5.16 Å². The molecule has 3 aromatic rings. The summed E-state index contributed by atoms with van der Waals surface area (Å²) in [6.45, 7) is 3.35. The summed E-state index contributed by atoms with van der Waals surface area (Å²) >= 11 is 1.10. The number of amides is 1. The number of fused-ring (bicyclic) bond motifs is 1. The van der Waals surface area contributed by atoms with E-state index in [1.807, 2.05) is 6.92 Å². The maximum Gasteiger partial charge on any atom is 0.573 e. The van der Waals surface area contributed by atoms with Gasteiger partial charge < -0.3 is 14.8 Å². The monoisotopic (exact) mass is 481 g/mol. The van der Waals surface area contributed by atoms with Gasteiger partial charge in [-0.1, -0.05) is 23.9 Å². The number of ether oxygens (including phenoxy) is 2. The number of carbonyl (C=O) groups excluding carboxylic acids is 1. The Kier molecular flexibility index (Phi) is 8.34. The smallest absolute Gasteiger partial charge is 0.406 e. The molecule has 0 atom stereocenters. The Hall–Kier alpha value is -3.05. The van der Waals surface area contributed by atoms with E-state index >= 15 is 0 Å². The Balaban J connectivity index is 1.69. The van der Waals surface area contributed by atoms with Crippen LogP contribution >= 0.6 is 11.8 Å². The highest BCUT2D eigenvalue weighted by molar-refractivity contribution is 7.99. The fraction of sp³-hybridized carbons (Fsp3) is 0.318. The average Bonchev–Trinajstić information content (AvgIpc) is 2.77. The minimum absolute atomic E-state index is 0.0446. The largest absolute Gasteiger partial charge is 0.573 e. The van der Waals surface area contributed by atoms with E-state index in [1.54, 1.807) is 24.3 Å². The molecule has 0 aliphatic carbocycles. The summed E-state index contributed by atoms with van der Waals surface area (Å²) in [5, 5.41) is 3.49. The van der Waals surface area contributed by atoms with Crippen molar-refractivity contribution in [3.63, 3.8) is 0 Å². The van der Waals surface area contributed by atoms with Crippen molar-refractivity contribution >= 4 is 34.3 Å². The zero-order valence-corrected chi connectivity index (χ0v) is 18.5. The molecule has 0 bridgehead atoms. The summed E-state index contributed by atoms with van der Waals surface area (Å²) in [7, 11) is 0. The number of nitrogens with zero attached hydrogens (tertiary/aromatic N) is 2. The first-order chi connectivity index (χ1) is 15.8. The van der Waals surface area contributed by atoms with E-state index in [-0.39, 0.29) is 17.1 Å². The highest BCUT2D eigenvalue weighted by Crippen LogP contribution is 2.24. The van der Waals surface area contributed by atoms with Crippen LogP contribution in [0.5, 0.6) is 5.75 Å². The lowest BCUT2D eigenvalue weighted by Gasteiger charge is -2.13. The number of benzene rings is 2. The molecular weight excluding hydrogens is 459 g/mol. The van der Waals surface area contributed by atoms with Crippen LogP contribution in [0.2, 0.25) is 0 Å². The Bertz CT molecular complexity index is 1150. The topological polar surface area (TPSA) is 82.4 Å². The fourth-order valence-corrected chi connectivity index (χ4v) is 3.82. The summed E-state index contributed by atoms with van der Waals surface area (Å²) in [5.41, 5.74) is 0.655. The Labute approximate surface area is 191 Å². The Morgan fingerprint density at radius 2 is 1.88 bits per heavy atom. The summed E-state index contributed by atoms with van der Waals surface area (Å²) in [6.07, 6.45) is -4.17. The molecule has 1 amide bonds. The number of aromatic nitrogens is 2. The molecule has 176 valence electrons. The van der Waals surface area contributed by atoms with Gasteiger partial charge in [-0.25, -0.2) is 4.98 Å². The van der Waals surface area contributed by atoms with Crippen molar-refractivity contribution < 1.29 is 27.4 Å². The van der Waals surface area contributed by atoms with Crippen LogP contribution in [0.25, 0.3) is 10.9 Å². The molecule has 1 N–H and O–H groups in total. The summed E-state index contributed by atoms with van der Waals surface area (Å²) in [5.74, 6) is -0.823. The zero-order valence-electron chi connectivity index (χ0n) is 17.7. The quantitative estimate of drug-likeness (QED) is 0.262. The van der Waals surface area contributed by atoms with E-state index in [0.717, 1.165) is 23.9 Å². The van der Waals surface area contributed by atoms with Crippen molar-refractivity contribution in [3.8, 4) is 5.75 Å². The molecule has 1 aromatic heterocycles. The van der Waals surface area contributed by atoms with Crippen molar-refractivity contribution in [1.29, 1.82) is 0 Å². The molecule has 0 spiro atoms. The molecule has 0 unspecified atom stereocenters. The molecule has 0 fully saturated rings. The first-order valence-corrected chi connectivity index (χ1v) is 11.1. The molecular formula is C22H22F3N3O4S. The van der Waals surface area contributed by atoms with Crippen molar-refractivity contribution in [2.75, 3.05) is 24.3 Å². The predicted octanol–water partition coefficient (Wildman–Crippen LogP) is 4.45. The van der Waals surface area contributed by atoms with E-state index in [4.69, 9.17) is 4.74 Å².